The van der Waals surface area contributed by atoms with Crippen LogP contribution in [0.15, 0.2) is 42.5 Å². The molecule has 1 nitrogen and oxygen atoms in total. The molecule has 0 spiro atoms. The second-order valence-electron chi connectivity index (χ2n) is 4.31. The minimum absolute atomic E-state index is 1.17. The fourth-order valence-corrected chi connectivity index (χ4v) is 2.23. The average Bonchev–Trinajstić information content (AvgIpc) is 2.31. The van der Waals surface area contributed by atoms with Crippen LogP contribution in [0.25, 0.3) is 11.1 Å². The van der Waals surface area contributed by atoms with E-state index in [1.165, 1.54) is 40.8 Å². The number of hydrogen-bond donors (Lipinski definition) is 1. The summed E-state index contributed by atoms with van der Waals surface area (Å²) in [6.07, 6.45) is 2.50. The summed E-state index contributed by atoms with van der Waals surface area (Å²) in [7, 11) is 1.96. The predicted molar refractivity (Wildman–Crippen MR) is 68.8 cm³/mol. The Morgan fingerprint density at radius 2 is 1.69 bits per heavy atom. The van der Waals surface area contributed by atoms with Gasteiger partial charge in [-0.1, -0.05) is 30.3 Å². The largest absolute Gasteiger partial charge is 0.388 e. The summed E-state index contributed by atoms with van der Waals surface area (Å²) in [5.74, 6) is 0. The first-order valence-electron chi connectivity index (χ1n) is 5.77. The molecule has 0 fully saturated rings. The molecule has 0 amide bonds. The zero-order chi connectivity index (χ0) is 11.0. The molecule has 1 N–H and O–H groups in total. The van der Waals surface area contributed by atoms with Gasteiger partial charge in [0.25, 0.3) is 0 Å². The van der Waals surface area contributed by atoms with Crippen LogP contribution in [-0.2, 0) is 12.8 Å². The van der Waals surface area contributed by atoms with Gasteiger partial charge in [0, 0.05) is 12.7 Å². The molecule has 0 aliphatic heterocycles. The summed E-state index contributed by atoms with van der Waals surface area (Å²) in [4.78, 5) is 0. The van der Waals surface area contributed by atoms with Crippen LogP contribution in [-0.4, -0.2) is 7.05 Å². The van der Waals surface area contributed by atoms with E-state index in [9.17, 15) is 0 Å². The molecule has 2 aromatic rings. The molecule has 1 aliphatic rings. The lowest BCUT2D eigenvalue weighted by atomic mass is 9.86. The SMILES string of the molecule is CNc1cccc(-c2ccc3c(c2)CC3)c1. The van der Waals surface area contributed by atoms with Gasteiger partial charge in [-0.25, -0.2) is 0 Å². The second-order valence-corrected chi connectivity index (χ2v) is 4.31. The molecule has 3 rings (SSSR count). The molecule has 2 aromatic carbocycles. The van der Waals surface area contributed by atoms with Crippen molar-refractivity contribution in [2.24, 2.45) is 0 Å². The minimum Gasteiger partial charge on any atom is -0.388 e. The number of benzene rings is 2. The lowest BCUT2D eigenvalue weighted by molar-refractivity contribution is 0.840. The normalized spacial score (nSPS) is 12.8. The lowest BCUT2D eigenvalue weighted by Gasteiger charge is -2.19. The Bertz CT molecular complexity index is 529. The molecule has 0 heterocycles. The van der Waals surface area contributed by atoms with Crippen molar-refractivity contribution in [2.45, 2.75) is 12.8 Å². The summed E-state index contributed by atoms with van der Waals surface area (Å²) in [5, 5.41) is 3.18. The number of nitrogens with one attached hydrogen (secondary N) is 1. The molecule has 80 valence electrons. The van der Waals surface area contributed by atoms with Gasteiger partial charge in [0.05, 0.1) is 0 Å². The summed E-state index contributed by atoms with van der Waals surface area (Å²) in [5.41, 5.74) is 6.83. The van der Waals surface area contributed by atoms with Crippen molar-refractivity contribution in [3.63, 3.8) is 0 Å². The predicted octanol–water partition coefficient (Wildman–Crippen LogP) is 3.49. The summed E-state index contributed by atoms with van der Waals surface area (Å²) in [6, 6.07) is 15.4. The third-order valence-corrected chi connectivity index (χ3v) is 3.35. The maximum atomic E-state index is 3.18. The van der Waals surface area contributed by atoms with Crippen LogP contribution < -0.4 is 5.32 Å². The van der Waals surface area contributed by atoms with Crippen LogP contribution in [0.5, 0.6) is 0 Å². The standard InChI is InChI=1S/C15H15N/c1-16-15-4-2-3-12(10-15)14-8-6-11-5-7-13(11)9-14/h2-4,6,8-10,16H,5,7H2,1H3. The lowest BCUT2D eigenvalue weighted by Crippen LogP contribution is -2.07. The van der Waals surface area contributed by atoms with Crippen LogP contribution in [0.1, 0.15) is 11.1 Å². The molecule has 0 atom stereocenters. The van der Waals surface area contributed by atoms with Gasteiger partial charge >= 0.3 is 0 Å². The molecule has 0 unspecified atom stereocenters. The van der Waals surface area contributed by atoms with E-state index in [0.717, 1.165) is 0 Å². The first-order chi connectivity index (χ1) is 7.86. The first kappa shape index (κ1) is 9.46. The number of aryl methyl sites for hydroxylation is 2. The van der Waals surface area contributed by atoms with Crippen molar-refractivity contribution in [2.75, 3.05) is 12.4 Å². The van der Waals surface area contributed by atoms with Crippen LogP contribution >= 0.6 is 0 Å². The van der Waals surface area contributed by atoms with E-state index < -0.39 is 0 Å². The third-order valence-electron chi connectivity index (χ3n) is 3.35. The topological polar surface area (TPSA) is 12.0 Å². The molecule has 1 heteroatoms. The summed E-state index contributed by atoms with van der Waals surface area (Å²) in [6.45, 7) is 0. The Hall–Kier alpha value is -1.76. The summed E-state index contributed by atoms with van der Waals surface area (Å²) < 4.78 is 0. The zero-order valence-corrected chi connectivity index (χ0v) is 9.46. The van der Waals surface area contributed by atoms with Gasteiger partial charge in [-0.2, -0.15) is 0 Å². The molecular formula is C15H15N. The van der Waals surface area contributed by atoms with Crippen molar-refractivity contribution in [3.8, 4) is 11.1 Å². The number of rotatable bonds is 2. The highest BCUT2D eigenvalue weighted by atomic mass is 14.8. The average molecular weight is 209 g/mol. The van der Waals surface area contributed by atoms with E-state index in [0.29, 0.717) is 0 Å². The fourth-order valence-electron chi connectivity index (χ4n) is 2.23. The highest BCUT2D eigenvalue weighted by Gasteiger charge is 2.13. The van der Waals surface area contributed by atoms with Gasteiger partial charge in [-0.3, -0.25) is 0 Å². The van der Waals surface area contributed by atoms with Crippen molar-refractivity contribution < 1.29 is 0 Å². The van der Waals surface area contributed by atoms with Crippen LogP contribution in [0, 0.1) is 0 Å². The van der Waals surface area contributed by atoms with Gasteiger partial charge in [-0.15, -0.1) is 0 Å². The van der Waals surface area contributed by atoms with Crippen LogP contribution in [0.4, 0.5) is 5.69 Å². The van der Waals surface area contributed by atoms with E-state index in [4.69, 9.17) is 0 Å². The van der Waals surface area contributed by atoms with Crippen molar-refractivity contribution in [3.05, 3.63) is 53.6 Å². The number of hydrogen-bond acceptors (Lipinski definition) is 1. The number of anilines is 1. The van der Waals surface area contributed by atoms with Gasteiger partial charge in [0.1, 0.15) is 0 Å². The Morgan fingerprint density at radius 1 is 0.875 bits per heavy atom. The number of fused-ring (bicyclic) bond motifs is 1. The van der Waals surface area contributed by atoms with Gasteiger partial charge in [0.15, 0.2) is 0 Å². The van der Waals surface area contributed by atoms with Crippen molar-refractivity contribution >= 4 is 5.69 Å². The fraction of sp³-hybridized carbons (Fsp3) is 0.200. The van der Waals surface area contributed by atoms with Crippen LogP contribution in [0.2, 0.25) is 0 Å². The van der Waals surface area contributed by atoms with Gasteiger partial charge < -0.3 is 5.32 Å². The Labute approximate surface area is 96.1 Å². The van der Waals surface area contributed by atoms with E-state index in [-0.39, 0.29) is 0 Å². The Kier molecular flexibility index (Phi) is 2.17. The molecule has 16 heavy (non-hydrogen) atoms. The minimum atomic E-state index is 1.17. The molecule has 1 aliphatic carbocycles. The third kappa shape index (κ3) is 1.49. The van der Waals surface area contributed by atoms with Crippen molar-refractivity contribution in [1.29, 1.82) is 0 Å². The zero-order valence-electron chi connectivity index (χ0n) is 9.46. The van der Waals surface area contributed by atoms with E-state index >= 15 is 0 Å². The quantitative estimate of drug-likeness (QED) is 0.798. The molecule has 0 aromatic heterocycles. The Morgan fingerprint density at radius 3 is 2.38 bits per heavy atom. The van der Waals surface area contributed by atoms with Gasteiger partial charge in [0.2, 0.25) is 0 Å². The van der Waals surface area contributed by atoms with E-state index in [1.54, 1.807) is 0 Å². The van der Waals surface area contributed by atoms with Crippen molar-refractivity contribution in [1.82, 2.24) is 0 Å². The smallest absolute Gasteiger partial charge is 0.0343 e. The van der Waals surface area contributed by atoms with Gasteiger partial charge in [-0.05, 0) is 47.2 Å². The Balaban J connectivity index is 2.04. The monoisotopic (exact) mass is 209 g/mol. The maximum Gasteiger partial charge on any atom is 0.0343 e. The summed E-state index contributed by atoms with van der Waals surface area (Å²) >= 11 is 0. The van der Waals surface area contributed by atoms with E-state index in [1.807, 2.05) is 7.05 Å². The molecular weight excluding hydrogens is 194 g/mol. The first-order valence-corrected chi connectivity index (χ1v) is 5.77. The maximum absolute atomic E-state index is 3.18. The van der Waals surface area contributed by atoms with E-state index in [2.05, 4.69) is 47.8 Å². The molecule has 0 radical (unpaired) electrons. The molecule has 0 saturated carbocycles. The highest BCUT2D eigenvalue weighted by Crippen LogP contribution is 2.29. The highest BCUT2D eigenvalue weighted by molar-refractivity contribution is 5.69. The molecule has 0 saturated heterocycles. The molecule has 0 bridgehead atoms. The second kappa shape index (κ2) is 3.67. The van der Waals surface area contributed by atoms with Crippen LogP contribution in [0.3, 0.4) is 0 Å².